The molecule has 4 rings (SSSR count). The van der Waals surface area contributed by atoms with Crippen LogP contribution in [0.2, 0.25) is 0 Å². The number of unbranched alkanes of at least 4 members (excludes halogenated alkanes) is 1. The van der Waals surface area contributed by atoms with Crippen molar-refractivity contribution in [1.29, 1.82) is 0 Å². The average molecular weight is 399 g/mol. The molecule has 0 saturated heterocycles. The van der Waals surface area contributed by atoms with Crippen molar-refractivity contribution in [3.05, 3.63) is 65.5 Å². The summed E-state index contributed by atoms with van der Waals surface area (Å²) in [6, 6.07) is 16.7. The summed E-state index contributed by atoms with van der Waals surface area (Å²) >= 11 is 0. The predicted molar refractivity (Wildman–Crippen MR) is 128 cm³/mol. The summed E-state index contributed by atoms with van der Waals surface area (Å²) < 4.78 is 2.37. The normalized spacial score (nSPS) is 12.0. The second-order valence-corrected chi connectivity index (χ2v) is 8.35. The minimum Gasteiger partial charge on any atom is -0.382 e. The number of aryl methyl sites for hydroxylation is 1. The number of hydrogen-bond acceptors (Lipinski definition) is 3. The summed E-state index contributed by atoms with van der Waals surface area (Å²) in [5, 5.41) is 1.12. The van der Waals surface area contributed by atoms with E-state index in [9.17, 15) is 0 Å². The van der Waals surface area contributed by atoms with Gasteiger partial charge in [0.1, 0.15) is 11.3 Å². The Morgan fingerprint density at radius 1 is 1.00 bits per heavy atom. The van der Waals surface area contributed by atoms with Gasteiger partial charge in [-0.15, -0.1) is 0 Å². The standard InChI is InChI=1S/C26H30N4/c1-4-5-11-23-29-24-25(30(23)17-18(2)3)21-15-14-20(16-22(21)28-26(24)27)13-12-19-9-7-6-8-10-19/h6-10,12-16,18H,4-5,11,17H2,1-3H3,(H2,27,28). The lowest BCUT2D eigenvalue weighted by atomic mass is 10.1. The quantitative estimate of drug-likeness (QED) is 0.370. The van der Waals surface area contributed by atoms with E-state index in [0.717, 1.165) is 59.1 Å². The summed E-state index contributed by atoms with van der Waals surface area (Å²) in [6.07, 6.45) is 7.48. The fraction of sp³-hybridized carbons (Fsp3) is 0.308. The monoisotopic (exact) mass is 398 g/mol. The summed E-state index contributed by atoms with van der Waals surface area (Å²) in [6.45, 7) is 7.64. The summed E-state index contributed by atoms with van der Waals surface area (Å²) in [7, 11) is 0. The van der Waals surface area contributed by atoms with Crippen molar-refractivity contribution in [3.8, 4) is 0 Å². The SMILES string of the molecule is CCCCc1nc2c(N)nc3cc(C=Cc4ccccc4)ccc3c2n1CC(C)C. The third kappa shape index (κ3) is 4.09. The first-order valence-corrected chi connectivity index (χ1v) is 10.9. The Morgan fingerprint density at radius 3 is 2.50 bits per heavy atom. The maximum atomic E-state index is 6.37. The van der Waals surface area contributed by atoms with Crippen LogP contribution >= 0.6 is 0 Å². The summed E-state index contributed by atoms with van der Waals surface area (Å²) in [5.74, 6) is 2.16. The van der Waals surface area contributed by atoms with Gasteiger partial charge in [0, 0.05) is 18.4 Å². The number of nitrogens with two attached hydrogens (primary N) is 1. The fourth-order valence-corrected chi connectivity index (χ4v) is 3.92. The van der Waals surface area contributed by atoms with Crippen LogP contribution in [0, 0.1) is 5.92 Å². The van der Waals surface area contributed by atoms with Crippen molar-refractivity contribution >= 4 is 39.9 Å². The van der Waals surface area contributed by atoms with Crippen LogP contribution in [0.5, 0.6) is 0 Å². The van der Waals surface area contributed by atoms with Crippen LogP contribution in [0.25, 0.3) is 34.1 Å². The molecule has 0 amide bonds. The molecule has 2 heterocycles. The number of benzene rings is 2. The van der Waals surface area contributed by atoms with Crippen LogP contribution in [0.3, 0.4) is 0 Å². The highest BCUT2D eigenvalue weighted by atomic mass is 15.1. The first kappa shape index (κ1) is 20.1. The Morgan fingerprint density at radius 2 is 1.77 bits per heavy atom. The first-order valence-electron chi connectivity index (χ1n) is 10.9. The van der Waals surface area contributed by atoms with Gasteiger partial charge in [-0.1, -0.05) is 81.8 Å². The number of pyridine rings is 1. The van der Waals surface area contributed by atoms with Gasteiger partial charge in [-0.3, -0.25) is 0 Å². The van der Waals surface area contributed by atoms with Gasteiger partial charge in [0.05, 0.1) is 11.0 Å². The molecule has 0 bridgehead atoms. The average Bonchev–Trinajstić information content (AvgIpc) is 3.10. The topological polar surface area (TPSA) is 56.7 Å². The highest BCUT2D eigenvalue weighted by molar-refractivity contribution is 6.07. The lowest BCUT2D eigenvalue weighted by Crippen LogP contribution is -2.09. The molecule has 30 heavy (non-hydrogen) atoms. The van der Waals surface area contributed by atoms with Crippen molar-refractivity contribution in [2.24, 2.45) is 5.92 Å². The van der Waals surface area contributed by atoms with Crippen LogP contribution in [-0.4, -0.2) is 14.5 Å². The van der Waals surface area contributed by atoms with Crippen LogP contribution in [0.15, 0.2) is 48.5 Å². The molecule has 0 fully saturated rings. The predicted octanol–water partition coefficient (Wildman–Crippen LogP) is 6.34. The molecule has 0 saturated carbocycles. The molecular formula is C26H30N4. The highest BCUT2D eigenvalue weighted by Crippen LogP contribution is 2.31. The number of hydrogen-bond donors (Lipinski definition) is 1. The van der Waals surface area contributed by atoms with E-state index >= 15 is 0 Å². The number of fused-ring (bicyclic) bond motifs is 3. The van der Waals surface area contributed by atoms with E-state index in [1.807, 2.05) is 18.2 Å². The Hall–Kier alpha value is -3.14. The second kappa shape index (κ2) is 8.70. The van der Waals surface area contributed by atoms with E-state index < -0.39 is 0 Å². The smallest absolute Gasteiger partial charge is 0.152 e. The second-order valence-electron chi connectivity index (χ2n) is 8.35. The molecule has 4 aromatic rings. The third-order valence-corrected chi connectivity index (χ3v) is 5.38. The van der Waals surface area contributed by atoms with Gasteiger partial charge in [-0.25, -0.2) is 9.97 Å². The van der Waals surface area contributed by atoms with Crippen LogP contribution in [0.1, 0.15) is 50.6 Å². The minimum absolute atomic E-state index is 0.516. The van der Waals surface area contributed by atoms with E-state index in [2.05, 4.69) is 67.8 Å². The lowest BCUT2D eigenvalue weighted by Gasteiger charge is -2.13. The highest BCUT2D eigenvalue weighted by Gasteiger charge is 2.17. The van der Waals surface area contributed by atoms with Crippen LogP contribution in [0.4, 0.5) is 5.82 Å². The van der Waals surface area contributed by atoms with Crippen molar-refractivity contribution in [1.82, 2.24) is 14.5 Å². The molecule has 4 heteroatoms. The molecule has 4 nitrogen and oxygen atoms in total. The number of imidazole rings is 1. The third-order valence-electron chi connectivity index (χ3n) is 5.38. The van der Waals surface area contributed by atoms with Crippen molar-refractivity contribution in [2.75, 3.05) is 5.73 Å². The van der Waals surface area contributed by atoms with Gasteiger partial charge in [0.15, 0.2) is 5.82 Å². The van der Waals surface area contributed by atoms with Crippen molar-refractivity contribution in [3.63, 3.8) is 0 Å². The van der Waals surface area contributed by atoms with Crippen molar-refractivity contribution in [2.45, 2.75) is 46.6 Å². The Bertz CT molecular complexity index is 1190. The van der Waals surface area contributed by atoms with E-state index in [4.69, 9.17) is 15.7 Å². The molecule has 0 radical (unpaired) electrons. The molecule has 0 aliphatic carbocycles. The van der Waals surface area contributed by atoms with Gasteiger partial charge in [-0.2, -0.15) is 0 Å². The maximum Gasteiger partial charge on any atom is 0.152 e. The first-order chi connectivity index (χ1) is 14.6. The number of aromatic nitrogens is 3. The molecule has 2 aromatic carbocycles. The molecule has 0 atom stereocenters. The van der Waals surface area contributed by atoms with Gasteiger partial charge in [-0.05, 0) is 29.5 Å². The molecule has 0 aliphatic rings. The summed E-state index contributed by atoms with van der Waals surface area (Å²) in [4.78, 5) is 9.61. The van der Waals surface area contributed by atoms with Gasteiger partial charge < -0.3 is 10.3 Å². The largest absolute Gasteiger partial charge is 0.382 e. The Labute approximate surface area is 178 Å². The zero-order valence-corrected chi connectivity index (χ0v) is 18.1. The van der Waals surface area contributed by atoms with Gasteiger partial charge in [0.25, 0.3) is 0 Å². The Kier molecular flexibility index (Phi) is 5.84. The van der Waals surface area contributed by atoms with Gasteiger partial charge in [0.2, 0.25) is 0 Å². The zero-order valence-electron chi connectivity index (χ0n) is 18.1. The van der Waals surface area contributed by atoms with E-state index in [1.54, 1.807) is 0 Å². The van der Waals surface area contributed by atoms with Crippen LogP contribution < -0.4 is 5.73 Å². The molecule has 0 aliphatic heterocycles. The molecule has 0 unspecified atom stereocenters. The number of anilines is 1. The molecular weight excluding hydrogens is 368 g/mol. The Balaban J connectivity index is 1.83. The lowest BCUT2D eigenvalue weighted by molar-refractivity contribution is 0.513. The van der Waals surface area contributed by atoms with E-state index in [1.165, 1.54) is 5.56 Å². The maximum absolute atomic E-state index is 6.37. The minimum atomic E-state index is 0.516. The molecule has 154 valence electrons. The number of rotatable bonds is 7. The number of nitrogens with zero attached hydrogens (tertiary/aromatic N) is 3. The number of nitrogen functional groups attached to an aromatic ring is 1. The van der Waals surface area contributed by atoms with Crippen molar-refractivity contribution < 1.29 is 0 Å². The summed E-state index contributed by atoms with van der Waals surface area (Å²) in [5.41, 5.74) is 11.5. The molecule has 0 spiro atoms. The fourth-order valence-electron chi connectivity index (χ4n) is 3.92. The molecule has 2 N–H and O–H groups in total. The van der Waals surface area contributed by atoms with Gasteiger partial charge >= 0.3 is 0 Å². The molecule has 2 aromatic heterocycles. The van der Waals surface area contributed by atoms with Crippen LogP contribution in [-0.2, 0) is 13.0 Å². The zero-order chi connectivity index (χ0) is 21.1. The van der Waals surface area contributed by atoms with E-state index in [0.29, 0.717) is 11.7 Å². The van der Waals surface area contributed by atoms with E-state index in [-0.39, 0.29) is 0 Å².